The van der Waals surface area contributed by atoms with E-state index < -0.39 is 0 Å². The lowest BCUT2D eigenvalue weighted by Gasteiger charge is -2.12. The van der Waals surface area contributed by atoms with Gasteiger partial charge in [-0.2, -0.15) is 0 Å². The zero-order chi connectivity index (χ0) is 8.43. The van der Waals surface area contributed by atoms with Gasteiger partial charge in [0.05, 0.1) is 0 Å². The number of urea groups is 2. The Kier molecular flexibility index (Phi) is 1.98. The van der Waals surface area contributed by atoms with Crippen molar-refractivity contribution < 1.29 is 9.59 Å². The fourth-order valence-electron chi connectivity index (χ4n) is 0.971. The highest BCUT2D eigenvalue weighted by Crippen LogP contribution is 2.04. The molecule has 0 aliphatic carbocycles. The number of likely N-dealkylation sites (N-methyl/N-ethyl adjacent to an activating group) is 1. The second-order valence-electron chi connectivity index (χ2n) is 2.41. The standard InChI is InChI=1S/C6H11N3O2/c1-7-5(10)9-4-3-8(2)6(9)11/h3-4H2,1-2H3,(H,7,10). The molecule has 5 heteroatoms. The SMILES string of the molecule is CNC(=O)N1CCN(C)C1=O. The van der Waals surface area contributed by atoms with Crippen LogP contribution in [0.15, 0.2) is 0 Å². The molecular weight excluding hydrogens is 146 g/mol. The Morgan fingerprint density at radius 3 is 2.55 bits per heavy atom. The molecule has 1 rings (SSSR count). The maximum atomic E-state index is 11.1. The Morgan fingerprint density at radius 2 is 2.18 bits per heavy atom. The molecular formula is C6H11N3O2. The van der Waals surface area contributed by atoms with E-state index in [1.807, 2.05) is 0 Å². The van der Waals surface area contributed by atoms with Crippen LogP contribution < -0.4 is 5.32 Å². The van der Waals surface area contributed by atoms with Gasteiger partial charge in [-0.25, -0.2) is 14.5 Å². The van der Waals surface area contributed by atoms with Crippen LogP contribution in [-0.4, -0.2) is 49.0 Å². The van der Waals surface area contributed by atoms with Crippen molar-refractivity contribution in [1.82, 2.24) is 15.1 Å². The number of nitrogens with zero attached hydrogens (tertiary/aromatic N) is 2. The zero-order valence-corrected chi connectivity index (χ0v) is 6.63. The van der Waals surface area contributed by atoms with Crippen molar-refractivity contribution in [3.05, 3.63) is 0 Å². The normalized spacial score (nSPS) is 17.5. The van der Waals surface area contributed by atoms with Crippen molar-refractivity contribution in [2.45, 2.75) is 0 Å². The van der Waals surface area contributed by atoms with Gasteiger partial charge in [-0.05, 0) is 0 Å². The average Bonchev–Trinajstić information content (AvgIpc) is 2.32. The number of nitrogens with one attached hydrogen (secondary N) is 1. The number of imide groups is 1. The molecule has 1 fully saturated rings. The van der Waals surface area contributed by atoms with Crippen LogP contribution in [-0.2, 0) is 0 Å². The Balaban J connectivity index is 2.62. The Bertz CT molecular complexity index is 192. The first-order chi connectivity index (χ1) is 5.16. The van der Waals surface area contributed by atoms with E-state index in [9.17, 15) is 9.59 Å². The fraction of sp³-hybridized carbons (Fsp3) is 0.667. The lowest BCUT2D eigenvalue weighted by atomic mass is 10.6. The van der Waals surface area contributed by atoms with E-state index in [2.05, 4.69) is 5.32 Å². The summed E-state index contributed by atoms with van der Waals surface area (Å²) >= 11 is 0. The van der Waals surface area contributed by atoms with E-state index in [1.165, 1.54) is 16.8 Å². The second-order valence-corrected chi connectivity index (χ2v) is 2.41. The summed E-state index contributed by atoms with van der Waals surface area (Å²) in [5.74, 6) is 0. The third kappa shape index (κ3) is 1.26. The van der Waals surface area contributed by atoms with Crippen LogP contribution in [0.3, 0.4) is 0 Å². The van der Waals surface area contributed by atoms with Crippen LogP contribution in [0.25, 0.3) is 0 Å². The quantitative estimate of drug-likeness (QED) is 0.524. The Labute approximate surface area is 65.0 Å². The van der Waals surface area contributed by atoms with Crippen molar-refractivity contribution in [3.8, 4) is 0 Å². The molecule has 1 aliphatic rings. The fourth-order valence-corrected chi connectivity index (χ4v) is 0.971. The molecule has 5 nitrogen and oxygen atoms in total. The van der Waals surface area contributed by atoms with E-state index in [1.54, 1.807) is 7.05 Å². The molecule has 0 aromatic carbocycles. The van der Waals surface area contributed by atoms with Gasteiger partial charge in [-0.1, -0.05) is 0 Å². The topological polar surface area (TPSA) is 52.7 Å². The first-order valence-corrected chi connectivity index (χ1v) is 3.41. The molecule has 0 saturated carbocycles. The van der Waals surface area contributed by atoms with Gasteiger partial charge in [-0.3, -0.25) is 0 Å². The lowest BCUT2D eigenvalue weighted by Crippen LogP contribution is -2.40. The highest BCUT2D eigenvalue weighted by Gasteiger charge is 2.29. The van der Waals surface area contributed by atoms with Crippen LogP contribution >= 0.6 is 0 Å². The monoisotopic (exact) mass is 157 g/mol. The molecule has 0 bridgehead atoms. The van der Waals surface area contributed by atoms with Crippen LogP contribution in [0.1, 0.15) is 0 Å². The van der Waals surface area contributed by atoms with Crippen LogP contribution in [0, 0.1) is 0 Å². The van der Waals surface area contributed by atoms with Crippen molar-refractivity contribution in [1.29, 1.82) is 0 Å². The second kappa shape index (κ2) is 2.77. The summed E-state index contributed by atoms with van der Waals surface area (Å²) in [6, 6.07) is -0.566. The minimum Gasteiger partial charge on any atom is -0.341 e. The van der Waals surface area contributed by atoms with Crippen molar-refractivity contribution in [2.24, 2.45) is 0 Å². The number of hydrogen-bond donors (Lipinski definition) is 1. The smallest absolute Gasteiger partial charge is 0.328 e. The van der Waals surface area contributed by atoms with Gasteiger partial charge in [0.15, 0.2) is 0 Å². The minimum atomic E-state index is -0.334. The summed E-state index contributed by atoms with van der Waals surface area (Å²) in [5, 5.41) is 2.40. The minimum absolute atomic E-state index is 0.232. The molecule has 0 aromatic rings. The molecule has 1 heterocycles. The van der Waals surface area contributed by atoms with Gasteiger partial charge in [0, 0.05) is 27.2 Å². The summed E-state index contributed by atoms with van der Waals surface area (Å²) in [6.45, 7) is 1.10. The zero-order valence-electron chi connectivity index (χ0n) is 6.63. The van der Waals surface area contributed by atoms with Gasteiger partial charge in [0.1, 0.15) is 0 Å². The average molecular weight is 157 g/mol. The van der Waals surface area contributed by atoms with E-state index >= 15 is 0 Å². The van der Waals surface area contributed by atoms with Crippen molar-refractivity contribution in [2.75, 3.05) is 27.2 Å². The summed E-state index contributed by atoms with van der Waals surface area (Å²) in [7, 11) is 3.18. The highest BCUT2D eigenvalue weighted by molar-refractivity contribution is 5.94. The van der Waals surface area contributed by atoms with Crippen LogP contribution in [0.4, 0.5) is 9.59 Å². The molecule has 1 saturated heterocycles. The van der Waals surface area contributed by atoms with Crippen LogP contribution in [0.5, 0.6) is 0 Å². The number of hydrogen-bond acceptors (Lipinski definition) is 2. The van der Waals surface area contributed by atoms with Gasteiger partial charge in [0.25, 0.3) is 0 Å². The molecule has 11 heavy (non-hydrogen) atoms. The van der Waals surface area contributed by atoms with E-state index in [0.29, 0.717) is 13.1 Å². The Morgan fingerprint density at radius 1 is 1.55 bits per heavy atom. The third-order valence-corrected chi connectivity index (χ3v) is 1.68. The molecule has 4 amide bonds. The van der Waals surface area contributed by atoms with E-state index in [0.717, 1.165) is 0 Å². The molecule has 0 radical (unpaired) electrons. The van der Waals surface area contributed by atoms with Crippen molar-refractivity contribution in [3.63, 3.8) is 0 Å². The largest absolute Gasteiger partial charge is 0.341 e. The summed E-state index contributed by atoms with van der Waals surface area (Å²) in [6.07, 6.45) is 0. The molecule has 0 spiro atoms. The van der Waals surface area contributed by atoms with Gasteiger partial charge in [0.2, 0.25) is 0 Å². The molecule has 0 aromatic heterocycles. The first-order valence-electron chi connectivity index (χ1n) is 3.41. The predicted molar refractivity (Wildman–Crippen MR) is 39.2 cm³/mol. The number of carbonyl (C=O) groups is 2. The molecule has 1 N–H and O–H groups in total. The molecule has 62 valence electrons. The summed E-state index contributed by atoms with van der Waals surface area (Å²) < 4.78 is 0. The summed E-state index contributed by atoms with van der Waals surface area (Å²) in [4.78, 5) is 24.7. The molecule has 1 aliphatic heterocycles. The Hall–Kier alpha value is -1.26. The van der Waals surface area contributed by atoms with E-state index in [-0.39, 0.29) is 12.1 Å². The first kappa shape index (κ1) is 7.84. The van der Waals surface area contributed by atoms with Gasteiger partial charge >= 0.3 is 12.1 Å². The number of rotatable bonds is 0. The molecule has 0 unspecified atom stereocenters. The predicted octanol–water partition coefficient (Wildman–Crippen LogP) is -0.307. The maximum Gasteiger partial charge on any atom is 0.328 e. The van der Waals surface area contributed by atoms with Gasteiger partial charge < -0.3 is 10.2 Å². The summed E-state index contributed by atoms with van der Waals surface area (Å²) in [5.41, 5.74) is 0. The van der Waals surface area contributed by atoms with E-state index in [4.69, 9.17) is 0 Å². The maximum absolute atomic E-state index is 11.1. The number of carbonyl (C=O) groups excluding carboxylic acids is 2. The third-order valence-electron chi connectivity index (χ3n) is 1.68. The number of amides is 4. The van der Waals surface area contributed by atoms with Crippen LogP contribution in [0.2, 0.25) is 0 Å². The molecule has 0 atom stereocenters. The van der Waals surface area contributed by atoms with Gasteiger partial charge in [-0.15, -0.1) is 0 Å². The lowest BCUT2D eigenvalue weighted by molar-refractivity contribution is 0.190. The van der Waals surface area contributed by atoms with Crippen molar-refractivity contribution >= 4 is 12.1 Å². The highest BCUT2D eigenvalue weighted by atomic mass is 16.2.